The number of aliphatic hydroxyl groups is 1. The third-order valence-corrected chi connectivity index (χ3v) is 3.63. The highest BCUT2D eigenvalue weighted by atomic mass is 35.5. The highest BCUT2D eigenvalue weighted by molar-refractivity contribution is 6.32. The van der Waals surface area contributed by atoms with Crippen molar-refractivity contribution in [3.05, 3.63) is 17.2 Å². The Morgan fingerprint density at radius 1 is 1.33 bits per heavy atom. The topological polar surface area (TPSA) is 41.9 Å². The number of methoxy groups -OCH3 is 2. The van der Waals surface area contributed by atoms with E-state index in [1.807, 2.05) is 6.07 Å². The molecule has 1 aliphatic rings. The number of rotatable bonds is 4. The molecule has 0 spiro atoms. The first-order valence-corrected chi connectivity index (χ1v) is 6.34. The Morgan fingerprint density at radius 2 is 2.06 bits per heavy atom. The highest BCUT2D eigenvalue weighted by Gasteiger charge is 2.25. The zero-order valence-corrected chi connectivity index (χ0v) is 11.4. The van der Waals surface area contributed by atoms with Crippen molar-refractivity contribution >= 4 is 17.3 Å². The maximum absolute atomic E-state index is 9.19. The van der Waals surface area contributed by atoms with Crippen molar-refractivity contribution in [1.82, 2.24) is 0 Å². The minimum atomic E-state index is 0.225. The zero-order chi connectivity index (χ0) is 13.1. The fourth-order valence-electron chi connectivity index (χ4n) is 2.29. The van der Waals surface area contributed by atoms with Crippen LogP contribution in [-0.4, -0.2) is 39.0 Å². The fraction of sp³-hybridized carbons (Fsp3) is 0.538. The van der Waals surface area contributed by atoms with Crippen molar-refractivity contribution in [1.29, 1.82) is 0 Å². The van der Waals surface area contributed by atoms with Gasteiger partial charge < -0.3 is 19.5 Å². The first-order valence-electron chi connectivity index (χ1n) is 5.97. The van der Waals surface area contributed by atoms with Crippen molar-refractivity contribution in [3.8, 4) is 11.5 Å². The third kappa shape index (κ3) is 2.49. The first kappa shape index (κ1) is 13.3. The third-order valence-electron chi connectivity index (χ3n) is 3.34. The largest absolute Gasteiger partial charge is 0.495 e. The van der Waals surface area contributed by atoms with E-state index < -0.39 is 0 Å². The molecule has 1 aromatic rings. The van der Waals surface area contributed by atoms with Gasteiger partial charge in [-0.15, -0.1) is 0 Å². The van der Waals surface area contributed by atoms with Crippen LogP contribution in [0.5, 0.6) is 11.5 Å². The summed E-state index contributed by atoms with van der Waals surface area (Å²) in [7, 11) is 3.21. The van der Waals surface area contributed by atoms with Gasteiger partial charge >= 0.3 is 0 Å². The van der Waals surface area contributed by atoms with Crippen LogP contribution in [0.25, 0.3) is 0 Å². The molecule has 1 aliphatic heterocycles. The van der Waals surface area contributed by atoms with Crippen LogP contribution in [0.3, 0.4) is 0 Å². The lowest BCUT2D eigenvalue weighted by atomic mass is 10.1. The summed E-state index contributed by atoms with van der Waals surface area (Å²) in [4.78, 5) is 2.19. The maximum Gasteiger partial charge on any atom is 0.145 e. The Bertz CT molecular complexity index is 425. The van der Waals surface area contributed by atoms with Gasteiger partial charge in [-0.2, -0.15) is 0 Å². The quantitative estimate of drug-likeness (QED) is 0.911. The number of halogens is 1. The monoisotopic (exact) mass is 271 g/mol. The number of benzene rings is 1. The van der Waals surface area contributed by atoms with E-state index in [9.17, 15) is 5.11 Å². The van der Waals surface area contributed by atoms with Gasteiger partial charge in [-0.25, -0.2) is 0 Å². The van der Waals surface area contributed by atoms with E-state index in [0.717, 1.165) is 30.9 Å². The number of ether oxygens (including phenoxy) is 2. The molecular weight excluding hydrogens is 254 g/mol. The number of nitrogens with zero attached hydrogens (tertiary/aromatic N) is 1. The molecule has 1 fully saturated rings. The van der Waals surface area contributed by atoms with Crippen molar-refractivity contribution in [2.75, 3.05) is 38.8 Å². The van der Waals surface area contributed by atoms with E-state index in [1.54, 1.807) is 20.3 Å². The normalized spacial score (nSPS) is 19.1. The minimum Gasteiger partial charge on any atom is -0.495 e. The molecule has 4 nitrogen and oxygen atoms in total. The predicted octanol–water partition coefficient (Wildman–Crippen LogP) is 2.18. The van der Waals surface area contributed by atoms with Crippen LogP contribution in [-0.2, 0) is 0 Å². The Labute approximate surface area is 112 Å². The van der Waals surface area contributed by atoms with Crippen molar-refractivity contribution in [2.45, 2.75) is 6.42 Å². The van der Waals surface area contributed by atoms with E-state index in [4.69, 9.17) is 21.1 Å². The minimum absolute atomic E-state index is 0.225. The van der Waals surface area contributed by atoms with Crippen molar-refractivity contribution in [2.24, 2.45) is 5.92 Å². The van der Waals surface area contributed by atoms with E-state index in [1.165, 1.54) is 0 Å². The van der Waals surface area contributed by atoms with Crippen LogP contribution >= 0.6 is 11.6 Å². The molecular formula is C13H18ClNO3. The van der Waals surface area contributed by atoms with Gasteiger partial charge in [0.25, 0.3) is 0 Å². The second-order valence-corrected chi connectivity index (χ2v) is 4.85. The number of aliphatic hydroxyl groups excluding tert-OH is 1. The van der Waals surface area contributed by atoms with Crippen LogP contribution in [0, 0.1) is 5.92 Å². The molecule has 18 heavy (non-hydrogen) atoms. The summed E-state index contributed by atoms with van der Waals surface area (Å²) < 4.78 is 10.6. The average Bonchev–Trinajstić information content (AvgIpc) is 2.87. The van der Waals surface area contributed by atoms with Crippen LogP contribution in [0.4, 0.5) is 5.69 Å². The molecule has 100 valence electrons. The first-order chi connectivity index (χ1) is 8.69. The summed E-state index contributed by atoms with van der Waals surface area (Å²) in [5.41, 5.74) is 0.958. The van der Waals surface area contributed by atoms with Crippen LogP contribution in [0.1, 0.15) is 6.42 Å². The summed E-state index contributed by atoms with van der Waals surface area (Å²) >= 11 is 6.15. The molecule has 1 N–H and O–H groups in total. The molecule has 2 rings (SSSR count). The van der Waals surface area contributed by atoms with Gasteiger partial charge in [-0.05, 0) is 12.5 Å². The van der Waals surface area contributed by atoms with Crippen LogP contribution in [0.15, 0.2) is 12.1 Å². The molecule has 0 aliphatic carbocycles. The molecule has 0 radical (unpaired) electrons. The van der Waals surface area contributed by atoms with Gasteiger partial charge in [-0.1, -0.05) is 11.6 Å². The van der Waals surface area contributed by atoms with E-state index >= 15 is 0 Å². The standard InChI is InChI=1S/C13H18ClNO3/c1-17-12-6-13(18-2)11(5-10(12)14)15-4-3-9(7-15)8-16/h5-6,9,16H,3-4,7-8H2,1-2H3. The van der Waals surface area contributed by atoms with E-state index in [0.29, 0.717) is 16.7 Å². The summed E-state index contributed by atoms with van der Waals surface area (Å²) in [6, 6.07) is 3.66. The van der Waals surface area contributed by atoms with Gasteiger partial charge in [-0.3, -0.25) is 0 Å². The zero-order valence-electron chi connectivity index (χ0n) is 10.6. The van der Waals surface area contributed by atoms with Gasteiger partial charge in [0, 0.05) is 31.7 Å². The van der Waals surface area contributed by atoms with Gasteiger partial charge in [0.05, 0.1) is 24.9 Å². The van der Waals surface area contributed by atoms with E-state index in [-0.39, 0.29) is 6.61 Å². The van der Waals surface area contributed by atoms with E-state index in [2.05, 4.69) is 4.90 Å². The lowest BCUT2D eigenvalue weighted by Crippen LogP contribution is -2.21. The lowest BCUT2D eigenvalue weighted by molar-refractivity contribution is 0.238. The Hall–Kier alpha value is -1.13. The van der Waals surface area contributed by atoms with Crippen LogP contribution in [0.2, 0.25) is 5.02 Å². The Balaban J connectivity index is 2.29. The number of anilines is 1. The highest BCUT2D eigenvalue weighted by Crippen LogP contribution is 2.39. The summed E-state index contributed by atoms with van der Waals surface area (Å²) in [5.74, 6) is 1.68. The summed E-state index contributed by atoms with van der Waals surface area (Å²) in [6.07, 6.45) is 0.989. The molecule has 1 unspecified atom stereocenters. The number of hydrogen-bond acceptors (Lipinski definition) is 4. The molecule has 0 saturated carbocycles. The smallest absolute Gasteiger partial charge is 0.145 e. The summed E-state index contributed by atoms with van der Waals surface area (Å²) in [6.45, 7) is 1.96. The molecule has 0 aromatic heterocycles. The Kier molecular flexibility index (Phi) is 4.19. The fourth-order valence-corrected chi connectivity index (χ4v) is 2.53. The molecule has 1 heterocycles. The molecule has 0 amide bonds. The molecule has 1 atom stereocenters. The molecule has 5 heteroatoms. The number of hydrogen-bond donors (Lipinski definition) is 1. The predicted molar refractivity (Wildman–Crippen MR) is 72.0 cm³/mol. The maximum atomic E-state index is 9.19. The van der Waals surface area contributed by atoms with Crippen molar-refractivity contribution < 1.29 is 14.6 Å². The second-order valence-electron chi connectivity index (χ2n) is 4.44. The Morgan fingerprint density at radius 3 is 2.61 bits per heavy atom. The lowest BCUT2D eigenvalue weighted by Gasteiger charge is -2.22. The average molecular weight is 272 g/mol. The van der Waals surface area contributed by atoms with Gasteiger partial charge in [0.2, 0.25) is 0 Å². The van der Waals surface area contributed by atoms with Gasteiger partial charge in [0.1, 0.15) is 11.5 Å². The van der Waals surface area contributed by atoms with Crippen molar-refractivity contribution in [3.63, 3.8) is 0 Å². The van der Waals surface area contributed by atoms with Crippen LogP contribution < -0.4 is 14.4 Å². The van der Waals surface area contributed by atoms with Gasteiger partial charge in [0.15, 0.2) is 0 Å². The second kappa shape index (κ2) is 5.67. The summed E-state index contributed by atoms with van der Waals surface area (Å²) in [5, 5.41) is 9.76. The molecule has 1 saturated heterocycles. The SMILES string of the molecule is COc1cc(OC)c(N2CCC(CO)C2)cc1Cl. The molecule has 0 bridgehead atoms. The molecule has 1 aromatic carbocycles.